The van der Waals surface area contributed by atoms with Gasteiger partial charge in [-0.15, -0.1) is 0 Å². The topological polar surface area (TPSA) is 51.6 Å². The van der Waals surface area contributed by atoms with Crippen LogP contribution in [0.4, 0.5) is 0 Å². The molecule has 15 heavy (non-hydrogen) atoms. The molecule has 2 N–H and O–H groups in total. The molecule has 0 fully saturated rings. The van der Waals surface area contributed by atoms with Crippen molar-refractivity contribution in [1.82, 2.24) is 9.88 Å². The smallest absolute Gasteiger partial charge is 0.0896 e. The Hall–Kier alpha value is -1.29. The van der Waals surface area contributed by atoms with E-state index in [2.05, 4.69) is 42.0 Å². The molecule has 1 aliphatic heterocycles. The van der Waals surface area contributed by atoms with Gasteiger partial charge in [0.2, 0.25) is 0 Å². The highest BCUT2D eigenvalue weighted by Gasteiger charge is 2.27. The lowest BCUT2D eigenvalue weighted by atomic mass is 9.93. The number of H-pyrrole nitrogens is 1. The van der Waals surface area contributed by atoms with Gasteiger partial charge in [0.05, 0.1) is 11.9 Å². The van der Waals surface area contributed by atoms with Crippen LogP contribution in [0.25, 0.3) is 0 Å². The van der Waals surface area contributed by atoms with Crippen molar-refractivity contribution in [2.24, 2.45) is 5.16 Å². The number of oxime groups is 1. The number of nitrogens with one attached hydrogen (secondary N) is 1. The van der Waals surface area contributed by atoms with Gasteiger partial charge in [-0.3, -0.25) is 4.90 Å². The Morgan fingerprint density at radius 2 is 2.33 bits per heavy atom. The number of fused-ring (bicyclic) bond motifs is 1. The zero-order valence-corrected chi connectivity index (χ0v) is 9.36. The first-order chi connectivity index (χ1) is 7.13. The minimum atomic E-state index is 0.424. The molecular weight excluding hydrogens is 190 g/mol. The third-order valence-electron chi connectivity index (χ3n) is 3.26. The lowest BCUT2D eigenvalue weighted by molar-refractivity contribution is 0.227. The van der Waals surface area contributed by atoms with Gasteiger partial charge in [0, 0.05) is 24.2 Å². The first-order valence-corrected chi connectivity index (χ1v) is 5.24. The van der Waals surface area contributed by atoms with E-state index in [1.165, 1.54) is 17.5 Å². The molecule has 0 spiro atoms. The summed E-state index contributed by atoms with van der Waals surface area (Å²) in [5.41, 5.74) is 3.46. The number of likely N-dealkylation sites (N-methyl/N-ethyl adjacent to an activating group) is 1. The average molecular weight is 207 g/mol. The molecule has 0 aliphatic carbocycles. The maximum Gasteiger partial charge on any atom is 0.0896 e. The van der Waals surface area contributed by atoms with Crippen LogP contribution in [0.1, 0.15) is 42.8 Å². The second-order valence-corrected chi connectivity index (χ2v) is 4.35. The summed E-state index contributed by atoms with van der Waals surface area (Å²) in [5.74, 6) is 0.502. The van der Waals surface area contributed by atoms with Gasteiger partial charge in [0.25, 0.3) is 0 Å². The Bertz CT molecular complexity index is 383. The van der Waals surface area contributed by atoms with Crippen molar-refractivity contribution in [3.05, 3.63) is 23.0 Å². The lowest BCUT2D eigenvalue weighted by Crippen LogP contribution is -2.32. The number of aromatic nitrogens is 1. The summed E-state index contributed by atoms with van der Waals surface area (Å²) < 4.78 is 0. The van der Waals surface area contributed by atoms with Crippen LogP contribution in [0, 0.1) is 0 Å². The number of aromatic amines is 1. The van der Waals surface area contributed by atoms with E-state index in [9.17, 15) is 0 Å². The lowest BCUT2D eigenvalue weighted by Gasteiger charge is -2.33. The molecule has 1 aromatic rings. The molecule has 82 valence electrons. The van der Waals surface area contributed by atoms with Crippen molar-refractivity contribution in [1.29, 1.82) is 0 Å². The van der Waals surface area contributed by atoms with Crippen molar-refractivity contribution >= 4 is 6.21 Å². The Labute approximate surface area is 89.6 Å². The quantitative estimate of drug-likeness (QED) is 0.420. The molecule has 0 saturated heterocycles. The molecule has 2 heterocycles. The second-order valence-electron chi connectivity index (χ2n) is 4.35. The molecule has 0 radical (unpaired) electrons. The normalized spacial score (nSPS) is 27.1. The van der Waals surface area contributed by atoms with Gasteiger partial charge in [-0.25, -0.2) is 0 Å². The van der Waals surface area contributed by atoms with Crippen molar-refractivity contribution in [2.45, 2.75) is 25.8 Å². The molecule has 0 amide bonds. The van der Waals surface area contributed by atoms with E-state index in [0.717, 1.165) is 12.2 Å². The molecule has 0 saturated carbocycles. The number of nitrogens with zero attached hydrogens (tertiary/aromatic N) is 2. The SMILES string of the molecule is CC1CN(C)C(C)c2cc(C=NO)[nH]c21. The van der Waals surface area contributed by atoms with E-state index in [0.29, 0.717) is 12.0 Å². The minimum Gasteiger partial charge on any atom is -0.411 e. The molecule has 1 aromatic heterocycles. The van der Waals surface area contributed by atoms with Crippen molar-refractivity contribution in [3.8, 4) is 0 Å². The van der Waals surface area contributed by atoms with Crippen LogP contribution in [-0.2, 0) is 0 Å². The van der Waals surface area contributed by atoms with Crippen molar-refractivity contribution < 1.29 is 5.21 Å². The van der Waals surface area contributed by atoms with Gasteiger partial charge in [-0.1, -0.05) is 12.1 Å². The summed E-state index contributed by atoms with van der Waals surface area (Å²) in [5, 5.41) is 11.6. The van der Waals surface area contributed by atoms with Crippen molar-refractivity contribution in [2.75, 3.05) is 13.6 Å². The van der Waals surface area contributed by atoms with Gasteiger partial charge < -0.3 is 10.2 Å². The Balaban J connectivity index is 2.43. The molecule has 2 rings (SSSR count). The third-order valence-corrected chi connectivity index (χ3v) is 3.26. The molecule has 1 aliphatic rings. The third kappa shape index (κ3) is 1.65. The van der Waals surface area contributed by atoms with E-state index in [4.69, 9.17) is 5.21 Å². The maximum atomic E-state index is 8.50. The highest BCUT2D eigenvalue weighted by atomic mass is 16.4. The maximum absolute atomic E-state index is 8.50. The zero-order valence-electron chi connectivity index (χ0n) is 9.36. The number of rotatable bonds is 1. The zero-order chi connectivity index (χ0) is 11.0. The van der Waals surface area contributed by atoms with Crippen LogP contribution in [0.5, 0.6) is 0 Å². The molecule has 4 heteroatoms. The van der Waals surface area contributed by atoms with Crippen LogP contribution in [0.2, 0.25) is 0 Å². The molecule has 2 unspecified atom stereocenters. The van der Waals surface area contributed by atoms with E-state index < -0.39 is 0 Å². The summed E-state index contributed by atoms with van der Waals surface area (Å²) in [7, 11) is 2.14. The van der Waals surface area contributed by atoms with Crippen LogP contribution >= 0.6 is 0 Å². The highest BCUT2D eigenvalue weighted by Crippen LogP contribution is 2.34. The summed E-state index contributed by atoms with van der Waals surface area (Å²) in [6.07, 6.45) is 1.44. The summed E-state index contributed by atoms with van der Waals surface area (Å²) in [4.78, 5) is 5.63. The van der Waals surface area contributed by atoms with Crippen molar-refractivity contribution in [3.63, 3.8) is 0 Å². The van der Waals surface area contributed by atoms with Crippen LogP contribution in [-0.4, -0.2) is 34.9 Å². The number of hydrogen-bond donors (Lipinski definition) is 2. The van der Waals surface area contributed by atoms with E-state index in [1.807, 2.05) is 0 Å². The Morgan fingerprint density at radius 3 is 3.00 bits per heavy atom. The fourth-order valence-electron chi connectivity index (χ4n) is 2.31. The molecule has 0 aromatic carbocycles. The van der Waals surface area contributed by atoms with E-state index >= 15 is 0 Å². The fraction of sp³-hybridized carbons (Fsp3) is 0.545. The molecule has 0 bridgehead atoms. The van der Waals surface area contributed by atoms with Gasteiger partial charge in [0.1, 0.15) is 0 Å². The molecular formula is C11H17N3O. The van der Waals surface area contributed by atoms with Crippen LogP contribution in [0.15, 0.2) is 11.2 Å². The fourth-order valence-corrected chi connectivity index (χ4v) is 2.31. The number of hydrogen-bond acceptors (Lipinski definition) is 3. The summed E-state index contributed by atoms with van der Waals surface area (Å²) in [6, 6.07) is 2.49. The van der Waals surface area contributed by atoms with Gasteiger partial charge in [-0.05, 0) is 25.6 Å². The van der Waals surface area contributed by atoms with E-state index in [1.54, 1.807) is 0 Å². The first kappa shape index (κ1) is 10.2. The van der Waals surface area contributed by atoms with Crippen LogP contribution < -0.4 is 0 Å². The minimum absolute atomic E-state index is 0.424. The molecule has 4 nitrogen and oxygen atoms in total. The largest absolute Gasteiger partial charge is 0.411 e. The highest BCUT2D eigenvalue weighted by molar-refractivity contribution is 5.77. The van der Waals surface area contributed by atoms with Gasteiger partial charge in [0.15, 0.2) is 0 Å². The standard InChI is InChI=1S/C11H17N3O/c1-7-6-14(3)8(2)10-4-9(5-12-15)13-11(7)10/h4-5,7-8,13,15H,6H2,1-3H3. The van der Waals surface area contributed by atoms with Gasteiger partial charge in [-0.2, -0.15) is 0 Å². The first-order valence-electron chi connectivity index (χ1n) is 5.24. The summed E-state index contributed by atoms with van der Waals surface area (Å²) in [6.45, 7) is 5.46. The second kappa shape index (κ2) is 3.70. The van der Waals surface area contributed by atoms with E-state index in [-0.39, 0.29) is 0 Å². The van der Waals surface area contributed by atoms with Crippen LogP contribution in [0.3, 0.4) is 0 Å². The molecule has 2 atom stereocenters. The monoisotopic (exact) mass is 207 g/mol. The average Bonchev–Trinajstić information content (AvgIpc) is 2.60. The predicted molar refractivity (Wildman–Crippen MR) is 59.6 cm³/mol. The summed E-state index contributed by atoms with van der Waals surface area (Å²) >= 11 is 0. The predicted octanol–water partition coefficient (Wildman–Crippen LogP) is 1.93. The Kier molecular flexibility index (Phi) is 2.52. The van der Waals surface area contributed by atoms with Gasteiger partial charge >= 0.3 is 0 Å². The Morgan fingerprint density at radius 1 is 1.60 bits per heavy atom.